The molecule has 0 bridgehead atoms. The zero-order chi connectivity index (χ0) is 22.0. The fourth-order valence-electron chi connectivity index (χ4n) is 3.68. The van der Waals surface area contributed by atoms with Crippen molar-refractivity contribution < 1.29 is 9.53 Å². The van der Waals surface area contributed by atoms with Crippen LogP contribution in [0.2, 0.25) is 0 Å². The fourth-order valence-corrected chi connectivity index (χ4v) is 4.46. The summed E-state index contributed by atoms with van der Waals surface area (Å²) in [4.78, 5) is 17.1. The molecule has 0 aliphatic carbocycles. The van der Waals surface area contributed by atoms with Crippen LogP contribution in [0, 0.1) is 20.8 Å². The van der Waals surface area contributed by atoms with Crippen LogP contribution in [0.3, 0.4) is 0 Å². The minimum absolute atomic E-state index is 0.0617. The van der Waals surface area contributed by atoms with Crippen molar-refractivity contribution in [2.75, 3.05) is 18.2 Å². The average Bonchev–Trinajstić information content (AvgIpc) is 3.19. The third-order valence-corrected chi connectivity index (χ3v) is 6.01. The van der Waals surface area contributed by atoms with Gasteiger partial charge in [-0.3, -0.25) is 4.79 Å². The van der Waals surface area contributed by atoms with Gasteiger partial charge in [0.2, 0.25) is 5.91 Å². The Morgan fingerprint density at radius 2 is 1.87 bits per heavy atom. The summed E-state index contributed by atoms with van der Waals surface area (Å²) < 4.78 is 7.25. The monoisotopic (exact) mass is 432 g/mol. The minimum atomic E-state index is -0.0617. The second-order valence-corrected chi connectivity index (χ2v) is 8.37. The van der Waals surface area contributed by atoms with E-state index >= 15 is 0 Å². The zero-order valence-electron chi connectivity index (χ0n) is 18.0. The van der Waals surface area contributed by atoms with Crippen molar-refractivity contribution in [3.8, 4) is 17.0 Å². The molecule has 0 saturated carbocycles. The minimum Gasteiger partial charge on any atom is -0.496 e. The normalized spacial score (nSPS) is 11.0. The number of anilines is 1. The lowest BCUT2D eigenvalue weighted by Crippen LogP contribution is -2.16. The smallest absolute Gasteiger partial charge is 0.234 e. The molecular weight excluding hydrogens is 408 g/mol. The number of carbonyl (C=O) groups is 1. The number of nitrogens with zero attached hydrogens (tertiary/aromatic N) is 3. The lowest BCUT2D eigenvalue weighted by atomic mass is 10.1. The summed E-state index contributed by atoms with van der Waals surface area (Å²) >= 11 is 1.40. The number of carbonyl (C=O) groups excluding carboxylic acids is 1. The predicted molar refractivity (Wildman–Crippen MR) is 125 cm³/mol. The Bertz CT molecular complexity index is 1240. The number of hydrogen-bond donors (Lipinski definition) is 1. The summed E-state index contributed by atoms with van der Waals surface area (Å²) in [5.41, 5.74) is 6.75. The molecule has 0 unspecified atom stereocenters. The summed E-state index contributed by atoms with van der Waals surface area (Å²) in [5, 5.41) is 8.46. The van der Waals surface area contributed by atoms with Crippen molar-refractivity contribution in [2.24, 2.45) is 0 Å². The number of para-hydroxylation sites is 1. The number of aromatic nitrogens is 3. The predicted octanol–water partition coefficient (Wildman–Crippen LogP) is 5.06. The van der Waals surface area contributed by atoms with Gasteiger partial charge < -0.3 is 10.1 Å². The van der Waals surface area contributed by atoms with Crippen molar-refractivity contribution in [1.82, 2.24) is 14.6 Å². The lowest BCUT2D eigenvalue weighted by Gasteiger charge is -2.12. The summed E-state index contributed by atoms with van der Waals surface area (Å²) in [7, 11) is 1.65. The molecule has 0 atom stereocenters. The van der Waals surface area contributed by atoms with Crippen molar-refractivity contribution in [3.63, 3.8) is 0 Å². The molecule has 1 amide bonds. The highest BCUT2D eigenvalue weighted by molar-refractivity contribution is 8.00. The Kier molecular flexibility index (Phi) is 5.95. The number of rotatable bonds is 6. The molecule has 4 aromatic rings. The maximum absolute atomic E-state index is 12.6. The maximum Gasteiger partial charge on any atom is 0.234 e. The first-order valence-electron chi connectivity index (χ1n) is 9.94. The van der Waals surface area contributed by atoms with E-state index in [1.54, 1.807) is 24.0 Å². The van der Waals surface area contributed by atoms with Gasteiger partial charge in [-0.1, -0.05) is 41.6 Å². The Labute approximate surface area is 185 Å². The van der Waals surface area contributed by atoms with Crippen LogP contribution in [0.15, 0.2) is 59.9 Å². The van der Waals surface area contributed by atoms with Gasteiger partial charge in [-0.15, -0.1) is 0 Å². The largest absolute Gasteiger partial charge is 0.496 e. The van der Waals surface area contributed by atoms with E-state index in [1.165, 1.54) is 17.3 Å². The molecule has 158 valence electrons. The van der Waals surface area contributed by atoms with Gasteiger partial charge >= 0.3 is 0 Å². The van der Waals surface area contributed by atoms with Gasteiger partial charge in [0.1, 0.15) is 10.8 Å². The van der Waals surface area contributed by atoms with Crippen molar-refractivity contribution in [3.05, 3.63) is 71.5 Å². The van der Waals surface area contributed by atoms with Crippen molar-refractivity contribution >= 4 is 28.9 Å². The molecule has 0 radical (unpaired) electrons. The highest BCUT2D eigenvalue weighted by Crippen LogP contribution is 2.31. The van der Waals surface area contributed by atoms with Crippen LogP contribution in [0.1, 0.15) is 16.7 Å². The number of ether oxygens (including phenoxy) is 1. The second kappa shape index (κ2) is 8.81. The highest BCUT2D eigenvalue weighted by atomic mass is 32.2. The van der Waals surface area contributed by atoms with E-state index in [-0.39, 0.29) is 11.7 Å². The first-order valence-corrected chi connectivity index (χ1v) is 10.9. The summed E-state index contributed by atoms with van der Waals surface area (Å²) in [6, 6.07) is 13.9. The molecule has 2 aromatic heterocycles. The Morgan fingerprint density at radius 1 is 1.13 bits per heavy atom. The standard InChI is InChI=1S/C24H24N4O2S/c1-15-11-16(2)23(17(3)12-15)26-22(29)14-31-24-20-13-19(27-28(20)10-9-25-24)18-7-5-6-8-21(18)30-4/h5-13H,14H2,1-4H3,(H,26,29). The van der Waals surface area contributed by atoms with E-state index in [4.69, 9.17) is 4.74 Å². The number of methoxy groups -OCH3 is 1. The molecule has 2 heterocycles. The number of aryl methyl sites for hydroxylation is 3. The van der Waals surface area contributed by atoms with E-state index in [2.05, 4.69) is 34.5 Å². The number of benzene rings is 2. The number of nitrogens with one attached hydrogen (secondary N) is 1. The summed E-state index contributed by atoms with van der Waals surface area (Å²) in [5.74, 6) is 0.957. The van der Waals surface area contributed by atoms with Gasteiger partial charge in [0.25, 0.3) is 0 Å². The first-order chi connectivity index (χ1) is 15.0. The van der Waals surface area contributed by atoms with E-state index in [1.807, 2.05) is 44.2 Å². The summed E-state index contributed by atoms with van der Waals surface area (Å²) in [6.45, 7) is 6.08. The quantitative estimate of drug-likeness (QED) is 0.431. The Hall–Kier alpha value is -3.32. The average molecular weight is 433 g/mol. The van der Waals surface area contributed by atoms with Gasteiger partial charge in [0, 0.05) is 23.6 Å². The highest BCUT2D eigenvalue weighted by Gasteiger charge is 2.14. The maximum atomic E-state index is 12.6. The number of hydrogen-bond acceptors (Lipinski definition) is 5. The van der Waals surface area contributed by atoms with Crippen LogP contribution in [0.4, 0.5) is 5.69 Å². The SMILES string of the molecule is COc1ccccc1-c1cc2c(SCC(=O)Nc3c(C)cc(C)cc3C)nccn2n1. The van der Waals surface area contributed by atoms with Crippen LogP contribution in [0.25, 0.3) is 16.8 Å². The zero-order valence-corrected chi connectivity index (χ0v) is 18.8. The van der Waals surface area contributed by atoms with Gasteiger partial charge in [-0.05, 0) is 50.1 Å². The fraction of sp³-hybridized carbons (Fsp3) is 0.208. The molecule has 31 heavy (non-hydrogen) atoms. The first kappa shape index (κ1) is 20.9. The van der Waals surface area contributed by atoms with E-state index < -0.39 is 0 Å². The Balaban J connectivity index is 1.54. The molecule has 0 aliphatic heterocycles. The van der Waals surface area contributed by atoms with E-state index in [9.17, 15) is 4.79 Å². The number of thioether (sulfide) groups is 1. The third kappa shape index (κ3) is 4.41. The molecule has 2 aromatic carbocycles. The molecule has 0 spiro atoms. The Morgan fingerprint density at radius 3 is 2.61 bits per heavy atom. The van der Waals surface area contributed by atoms with Crippen LogP contribution in [-0.4, -0.2) is 33.4 Å². The van der Waals surface area contributed by atoms with Gasteiger partial charge in [0.15, 0.2) is 0 Å². The van der Waals surface area contributed by atoms with Crippen molar-refractivity contribution in [2.45, 2.75) is 25.8 Å². The number of fused-ring (bicyclic) bond motifs is 1. The second-order valence-electron chi connectivity index (χ2n) is 7.40. The molecule has 4 rings (SSSR count). The van der Waals surface area contributed by atoms with Gasteiger partial charge in [-0.25, -0.2) is 9.50 Å². The van der Waals surface area contributed by atoms with Crippen LogP contribution < -0.4 is 10.1 Å². The molecule has 0 saturated heterocycles. The number of amides is 1. The third-order valence-electron chi connectivity index (χ3n) is 5.02. The van der Waals surface area contributed by atoms with E-state index in [0.717, 1.165) is 44.4 Å². The molecule has 0 fully saturated rings. The molecule has 1 N–H and O–H groups in total. The van der Waals surface area contributed by atoms with Crippen LogP contribution in [0.5, 0.6) is 5.75 Å². The lowest BCUT2D eigenvalue weighted by molar-refractivity contribution is -0.113. The van der Waals surface area contributed by atoms with Crippen molar-refractivity contribution in [1.29, 1.82) is 0 Å². The molecule has 6 nitrogen and oxygen atoms in total. The van der Waals surface area contributed by atoms with Crippen LogP contribution >= 0.6 is 11.8 Å². The summed E-state index contributed by atoms with van der Waals surface area (Å²) in [6.07, 6.45) is 3.50. The molecule has 0 aliphatic rings. The van der Waals surface area contributed by atoms with E-state index in [0.29, 0.717) is 0 Å². The topological polar surface area (TPSA) is 68.5 Å². The molecule has 7 heteroatoms. The van der Waals surface area contributed by atoms with Crippen LogP contribution in [-0.2, 0) is 4.79 Å². The molecular formula is C24H24N4O2S. The van der Waals surface area contributed by atoms with Gasteiger partial charge in [0.05, 0.1) is 24.1 Å². The van der Waals surface area contributed by atoms with Gasteiger partial charge in [-0.2, -0.15) is 5.10 Å².